The van der Waals surface area contributed by atoms with Crippen molar-refractivity contribution in [3.63, 3.8) is 0 Å². The topological polar surface area (TPSA) is 164 Å². The molecule has 0 aromatic heterocycles. The van der Waals surface area contributed by atoms with Crippen LogP contribution in [0.4, 0.5) is 0 Å². The van der Waals surface area contributed by atoms with Crippen molar-refractivity contribution in [2.75, 3.05) is 5.75 Å². The van der Waals surface area contributed by atoms with Crippen LogP contribution in [0.2, 0.25) is 0 Å². The van der Waals surface area contributed by atoms with Crippen molar-refractivity contribution in [2.45, 2.75) is 24.4 Å². The first kappa shape index (κ1) is 21.5. The number of amides is 2. The Balaban J connectivity index is 0.00000280. The summed E-state index contributed by atoms with van der Waals surface area (Å²) in [7, 11) is 0. The van der Waals surface area contributed by atoms with E-state index in [4.69, 9.17) is 5.73 Å². The van der Waals surface area contributed by atoms with E-state index < -0.39 is 35.2 Å². The third kappa shape index (κ3) is 3.75. The predicted octanol–water partition coefficient (Wildman–Crippen LogP) is -0.118. The monoisotopic (exact) mass is 407 g/mol. The number of carbonyl (C=O) groups excluding carboxylic acids is 2. The number of phenolic OH excluding ortho intramolecular Hbond substituents is 1. The highest BCUT2D eigenvalue weighted by Crippen LogP contribution is 2.40. The molecule has 3 rings (SSSR count). The highest BCUT2D eigenvalue weighted by Gasteiger charge is 2.54. The van der Waals surface area contributed by atoms with Crippen LogP contribution in [-0.4, -0.2) is 55.5 Å². The number of carboxylic acid groups (broad SMARTS) is 1. The molecule has 9 nitrogen and oxygen atoms in total. The number of allylic oxidation sites excluding steroid dienone is 2. The van der Waals surface area contributed by atoms with Crippen LogP contribution in [0.1, 0.15) is 18.5 Å². The number of carboxylic acids is 1. The molecule has 2 amide bonds. The number of rotatable bonds is 5. The molecule has 2 heterocycles. The minimum absolute atomic E-state index is 0. The second-order valence-corrected chi connectivity index (χ2v) is 7.25. The molecule has 0 aliphatic carbocycles. The minimum atomic E-state index is -1.17. The van der Waals surface area contributed by atoms with Gasteiger partial charge in [-0.15, -0.1) is 11.8 Å². The van der Waals surface area contributed by atoms with Crippen LogP contribution >= 0.6 is 11.8 Å². The number of aromatic hydroxyl groups is 1. The number of nitrogens with one attached hydrogen (secondary N) is 1. The van der Waals surface area contributed by atoms with Gasteiger partial charge in [-0.3, -0.25) is 14.5 Å². The van der Waals surface area contributed by atoms with E-state index in [9.17, 15) is 24.6 Å². The van der Waals surface area contributed by atoms with Gasteiger partial charge in [-0.25, -0.2) is 4.79 Å². The van der Waals surface area contributed by atoms with Crippen molar-refractivity contribution in [3.8, 4) is 5.75 Å². The van der Waals surface area contributed by atoms with E-state index in [2.05, 4.69) is 5.32 Å². The summed E-state index contributed by atoms with van der Waals surface area (Å²) in [5.74, 6) is -1.71. The Kier molecular flexibility index (Phi) is 6.49. The maximum absolute atomic E-state index is 12.5. The van der Waals surface area contributed by atoms with Crippen LogP contribution in [0.15, 0.2) is 47.7 Å². The van der Waals surface area contributed by atoms with Crippen LogP contribution < -0.4 is 11.1 Å². The summed E-state index contributed by atoms with van der Waals surface area (Å²) in [6.07, 6.45) is 3.39. The van der Waals surface area contributed by atoms with Crippen LogP contribution in [0.3, 0.4) is 0 Å². The summed E-state index contributed by atoms with van der Waals surface area (Å²) >= 11 is 1.39. The van der Waals surface area contributed by atoms with Gasteiger partial charge in [-0.2, -0.15) is 0 Å². The number of benzene rings is 1. The second-order valence-electron chi connectivity index (χ2n) is 6.14. The molecule has 0 saturated carbocycles. The Morgan fingerprint density at radius 3 is 2.57 bits per heavy atom. The van der Waals surface area contributed by atoms with Crippen molar-refractivity contribution in [3.05, 3.63) is 53.3 Å². The summed E-state index contributed by atoms with van der Waals surface area (Å²) in [5.41, 5.74) is 6.93. The van der Waals surface area contributed by atoms with Gasteiger partial charge in [0.2, 0.25) is 5.91 Å². The molecule has 7 N–H and O–H groups in total. The van der Waals surface area contributed by atoms with E-state index in [0.717, 1.165) is 0 Å². The maximum Gasteiger partial charge on any atom is 0.352 e. The van der Waals surface area contributed by atoms with E-state index in [1.54, 1.807) is 19.1 Å². The summed E-state index contributed by atoms with van der Waals surface area (Å²) in [5, 5.41) is 20.9. The normalized spacial score (nSPS) is 22.2. The smallest absolute Gasteiger partial charge is 0.352 e. The number of aliphatic carboxylic acids is 1. The Bertz CT molecular complexity index is 851. The maximum atomic E-state index is 12.5. The summed E-state index contributed by atoms with van der Waals surface area (Å²) < 4.78 is 0. The first-order chi connectivity index (χ1) is 12.8. The van der Waals surface area contributed by atoms with Gasteiger partial charge in [0, 0.05) is 5.75 Å². The zero-order valence-corrected chi connectivity index (χ0v) is 15.8. The summed E-state index contributed by atoms with van der Waals surface area (Å²) in [6, 6.07) is 4.06. The molecule has 0 radical (unpaired) electrons. The standard InChI is InChI=1S/C18H19N3O5S.H2O/c1-2-3-10-8-27-17-13(16(24)21(17)14(10)18(25)26)20-15(23)12(19)9-4-6-11(22)7-5-9;/h2-7,12-13,17,22H,8,19H2,1H3,(H,20,23)(H,25,26);1H2/b3-2+;/t12-,13-,17+;/m0./s1. The lowest BCUT2D eigenvalue weighted by atomic mass is 10.0. The van der Waals surface area contributed by atoms with E-state index in [1.807, 2.05) is 0 Å². The number of thioether (sulfide) groups is 1. The molecule has 2 aliphatic heterocycles. The quantitative estimate of drug-likeness (QED) is 0.494. The molecule has 0 unspecified atom stereocenters. The van der Waals surface area contributed by atoms with Gasteiger partial charge in [0.1, 0.15) is 28.9 Å². The highest BCUT2D eigenvalue weighted by molar-refractivity contribution is 8.00. The molecule has 28 heavy (non-hydrogen) atoms. The van der Waals surface area contributed by atoms with Crippen LogP contribution in [0.5, 0.6) is 5.75 Å². The Labute approximate surface area is 165 Å². The van der Waals surface area contributed by atoms with Crippen LogP contribution in [0, 0.1) is 0 Å². The number of hydrogen-bond donors (Lipinski definition) is 4. The third-order valence-corrected chi connectivity index (χ3v) is 5.70. The number of phenols is 1. The van der Waals surface area contributed by atoms with Crippen molar-refractivity contribution in [2.24, 2.45) is 5.73 Å². The van der Waals surface area contributed by atoms with E-state index in [-0.39, 0.29) is 16.9 Å². The molecule has 0 spiro atoms. The number of fused-ring (bicyclic) bond motifs is 1. The van der Waals surface area contributed by atoms with Crippen LogP contribution in [-0.2, 0) is 14.4 Å². The molecule has 1 fully saturated rings. The summed E-state index contributed by atoms with van der Waals surface area (Å²) in [6.45, 7) is 1.77. The lowest BCUT2D eigenvalue weighted by Crippen LogP contribution is -2.71. The number of β-lactam (4-membered cyclic amide) rings is 1. The zero-order chi connectivity index (χ0) is 19.7. The fourth-order valence-electron chi connectivity index (χ4n) is 3.05. The third-order valence-electron chi connectivity index (χ3n) is 4.40. The largest absolute Gasteiger partial charge is 0.508 e. The van der Waals surface area contributed by atoms with Gasteiger partial charge in [-0.05, 0) is 30.2 Å². The number of nitrogens with two attached hydrogens (primary N) is 1. The molecule has 10 heteroatoms. The van der Waals surface area contributed by atoms with Crippen molar-refractivity contribution < 1.29 is 30.1 Å². The first-order valence-electron chi connectivity index (χ1n) is 8.24. The van der Waals surface area contributed by atoms with E-state index in [1.165, 1.54) is 40.9 Å². The average molecular weight is 407 g/mol. The molecule has 1 saturated heterocycles. The second kappa shape index (κ2) is 8.46. The van der Waals surface area contributed by atoms with E-state index in [0.29, 0.717) is 16.9 Å². The molecule has 3 atom stereocenters. The summed E-state index contributed by atoms with van der Waals surface area (Å²) in [4.78, 5) is 37.7. The molecular weight excluding hydrogens is 386 g/mol. The Morgan fingerprint density at radius 2 is 2.00 bits per heavy atom. The van der Waals surface area contributed by atoms with Crippen molar-refractivity contribution in [1.29, 1.82) is 0 Å². The predicted molar refractivity (Wildman–Crippen MR) is 103 cm³/mol. The van der Waals surface area contributed by atoms with Crippen molar-refractivity contribution >= 4 is 29.5 Å². The number of nitrogens with zero attached hydrogens (tertiary/aromatic N) is 1. The molecular formula is C18H21N3O6S. The highest BCUT2D eigenvalue weighted by atomic mass is 32.2. The van der Waals surface area contributed by atoms with Crippen LogP contribution in [0.25, 0.3) is 0 Å². The zero-order valence-electron chi connectivity index (χ0n) is 15.0. The molecule has 2 aliphatic rings. The van der Waals surface area contributed by atoms with Gasteiger partial charge in [0.05, 0.1) is 0 Å². The molecule has 1 aromatic carbocycles. The van der Waals surface area contributed by atoms with Gasteiger partial charge in [-0.1, -0.05) is 24.3 Å². The van der Waals surface area contributed by atoms with Gasteiger partial charge in [0.15, 0.2) is 0 Å². The minimum Gasteiger partial charge on any atom is -0.508 e. The molecule has 0 bridgehead atoms. The fraction of sp³-hybridized carbons (Fsp3) is 0.278. The fourth-order valence-corrected chi connectivity index (χ4v) is 4.37. The number of hydrogen-bond acceptors (Lipinski definition) is 6. The van der Waals surface area contributed by atoms with Gasteiger partial charge in [0.25, 0.3) is 5.91 Å². The first-order valence-corrected chi connectivity index (χ1v) is 9.28. The Morgan fingerprint density at radius 1 is 1.36 bits per heavy atom. The molecule has 150 valence electrons. The Hall–Kier alpha value is -2.82. The van der Waals surface area contributed by atoms with E-state index >= 15 is 0 Å². The SMILES string of the molecule is C/C=C/C1=C(C(=O)O)N2C(=O)[C@H](NC(=O)[C@@H](N)c3ccc(O)cc3)[C@H]2SC1.O. The average Bonchev–Trinajstić information content (AvgIpc) is 2.65. The molecule has 1 aromatic rings. The lowest BCUT2D eigenvalue weighted by molar-refractivity contribution is -0.150. The van der Waals surface area contributed by atoms with Gasteiger partial charge < -0.3 is 26.7 Å². The van der Waals surface area contributed by atoms with Gasteiger partial charge >= 0.3 is 5.97 Å². The number of carbonyl (C=O) groups is 3. The van der Waals surface area contributed by atoms with Crippen molar-refractivity contribution in [1.82, 2.24) is 10.2 Å². The lowest BCUT2D eigenvalue weighted by Gasteiger charge is -2.49.